The highest BCUT2D eigenvalue weighted by Gasteiger charge is 2.36. The topological polar surface area (TPSA) is 68.0 Å². The SMILES string of the molecule is CCC1(NC(=O)Cc2ccc(N)cn2)CCC1.Cl. The summed E-state index contributed by atoms with van der Waals surface area (Å²) in [6, 6.07) is 3.57. The van der Waals surface area contributed by atoms with Gasteiger partial charge in [0.25, 0.3) is 0 Å². The molecule has 0 aromatic carbocycles. The monoisotopic (exact) mass is 269 g/mol. The molecule has 1 aliphatic rings. The van der Waals surface area contributed by atoms with Gasteiger partial charge >= 0.3 is 0 Å². The Morgan fingerprint density at radius 3 is 2.67 bits per heavy atom. The van der Waals surface area contributed by atoms with Crippen molar-refractivity contribution in [3.05, 3.63) is 24.0 Å². The summed E-state index contributed by atoms with van der Waals surface area (Å²) in [5, 5.41) is 3.13. The number of nitrogens with two attached hydrogens (primary N) is 1. The minimum Gasteiger partial charge on any atom is -0.397 e. The molecule has 18 heavy (non-hydrogen) atoms. The van der Waals surface area contributed by atoms with E-state index < -0.39 is 0 Å². The first kappa shape index (κ1) is 14.8. The fourth-order valence-corrected chi connectivity index (χ4v) is 2.22. The zero-order chi connectivity index (χ0) is 12.3. The van der Waals surface area contributed by atoms with Gasteiger partial charge in [0.1, 0.15) is 0 Å². The Bertz CT molecular complexity index is 396. The fourth-order valence-electron chi connectivity index (χ4n) is 2.22. The van der Waals surface area contributed by atoms with Gasteiger partial charge in [0, 0.05) is 11.2 Å². The van der Waals surface area contributed by atoms with Gasteiger partial charge in [-0.05, 0) is 37.8 Å². The van der Waals surface area contributed by atoms with Gasteiger partial charge in [-0.2, -0.15) is 0 Å². The molecule has 0 saturated heterocycles. The molecule has 0 spiro atoms. The summed E-state index contributed by atoms with van der Waals surface area (Å²) >= 11 is 0. The first-order chi connectivity index (χ1) is 8.13. The second kappa shape index (κ2) is 6.05. The van der Waals surface area contributed by atoms with Gasteiger partial charge in [0.15, 0.2) is 0 Å². The van der Waals surface area contributed by atoms with E-state index in [1.165, 1.54) is 6.42 Å². The Morgan fingerprint density at radius 2 is 2.22 bits per heavy atom. The second-order valence-corrected chi connectivity index (χ2v) is 4.80. The number of pyridine rings is 1. The van der Waals surface area contributed by atoms with Crippen molar-refractivity contribution < 1.29 is 4.79 Å². The molecule has 4 nitrogen and oxygen atoms in total. The first-order valence-corrected chi connectivity index (χ1v) is 6.15. The molecule has 0 bridgehead atoms. The van der Waals surface area contributed by atoms with Crippen LogP contribution in [0.1, 0.15) is 38.3 Å². The maximum atomic E-state index is 11.9. The molecule has 3 N–H and O–H groups in total. The molecule has 1 heterocycles. The number of carbonyl (C=O) groups is 1. The first-order valence-electron chi connectivity index (χ1n) is 6.15. The van der Waals surface area contributed by atoms with Crippen LogP contribution in [0.25, 0.3) is 0 Å². The zero-order valence-electron chi connectivity index (χ0n) is 10.6. The molecular formula is C13H20ClN3O. The van der Waals surface area contributed by atoms with E-state index in [2.05, 4.69) is 17.2 Å². The lowest BCUT2D eigenvalue weighted by molar-refractivity contribution is -0.123. The number of anilines is 1. The van der Waals surface area contributed by atoms with Crippen molar-refractivity contribution in [2.75, 3.05) is 5.73 Å². The maximum Gasteiger partial charge on any atom is 0.226 e. The van der Waals surface area contributed by atoms with Gasteiger partial charge in [-0.1, -0.05) is 6.92 Å². The lowest BCUT2D eigenvalue weighted by atomic mass is 9.75. The fraction of sp³-hybridized carbons (Fsp3) is 0.538. The van der Waals surface area contributed by atoms with E-state index in [0.29, 0.717) is 12.1 Å². The molecule has 1 saturated carbocycles. The number of hydrogen-bond donors (Lipinski definition) is 2. The van der Waals surface area contributed by atoms with Crippen LogP contribution in [-0.4, -0.2) is 16.4 Å². The van der Waals surface area contributed by atoms with Gasteiger partial charge < -0.3 is 11.1 Å². The third kappa shape index (κ3) is 3.35. The highest BCUT2D eigenvalue weighted by molar-refractivity contribution is 5.85. The molecule has 100 valence electrons. The van der Waals surface area contributed by atoms with Crippen LogP contribution in [0.3, 0.4) is 0 Å². The predicted octanol–water partition coefficient (Wildman–Crippen LogP) is 2.08. The number of carbonyl (C=O) groups excluding carboxylic acids is 1. The van der Waals surface area contributed by atoms with Crippen molar-refractivity contribution in [1.29, 1.82) is 0 Å². The normalized spacial score (nSPS) is 16.3. The van der Waals surface area contributed by atoms with Gasteiger partial charge in [-0.3, -0.25) is 9.78 Å². The Morgan fingerprint density at radius 1 is 1.50 bits per heavy atom. The lowest BCUT2D eigenvalue weighted by Crippen LogP contribution is -2.53. The number of nitrogens with one attached hydrogen (secondary N) is 1. The molecular weight excluding hydrogens is 250 g/mol. The molecule has 0 radical (unpaired) electrons. The number of aromatic nitrogens is 1. The summed E-state index contributed by atoms with van der Waals surface area (Å²) in [4.78, 5) is 16.0. The average Bonchev–Trinajstić information content (AvgIpc) is 2.27. The second-order valence-electron chi connectivity index (χ2n) is 4.80. The average molecular weight is 270 g/mol. The van der Waals surface area contributed by atoms with Crippen molar-refractivity contribution in [3.63, 3.8) is 0 Å². The maximum absolute atomic E-state index is 11.9. The number of halogens is 1. The summed E-state index contributed by atoms with van der Waals surface area (Å²) in [5.41, 5.74) is 7.00. The van der Waals surface area contributed by atoms with E-state index in [-0.39, 0.29) is 23.9 Å². The third-order valence-corrected chi connectivity index (χ3v) is 3.58. The molecule has 1 fully saturated rings. The van der Waals surface area contributed by atoms with Crippen molar-refractivity contribution in [1.82, 2.24) is 10.3 Å². The van der Waals surface area contributed by atoms with Crippen molar-refractivity contribution in [2.24, 2.45) is 0 Å². The molecule has 5 heteroatoms. The van der Waals surface area contributed by atoms with E-state index >= 15 is 0 Å². The van der Waals surface area contributed by atoms with Gasteiger partial charge in [-0.15, -0.1) is 12.4 Å². The number of nitrogen functional groups attached to an aromatic ring is 1. The highest BCUT2D eigenvalue weighted by atomic mass is 35.5. The summed E-state index contributed by atoms with van der Waals surface area (Å²) in [5.74, 6) is 0.0591. The summed E-state index contributed by atoms with van der Waals surface area (Å²) in [6.45, 7) is 2.13. The summed E-state index contributed by atoms with van der Waals surface area (Å²) in [6.07, 6.45) is 6.35. The van der Waals surface area contributed by atoms with Crippen molar-refractivity contribution in [3.8, 4) is 0 Å². The van der Waals surface area contributed by atoms with Crippen LogP contribution in [0.2, 0.25) is 0 Å². The summed E-state index contributed by atoms with van der Waals surface area (Å²) < 4.78 is 0. The van der Waals surface area contributed by atoms with Crippen LogP contribution in [0.15, 0.2) is 18.3 Å². The Hall–Kier alpha value is -1.29. The molecule has 0 atom stereocenters. The number of nitrogens with zero attached hydrogens (tertiary/aromatic N) is 1. The largest absolute Gasteiger partial charge is 0.397 e. The third-order valence-electron chi connectivity index (χ3n) is 3.58. The smallest absolute Gasteiger partial charge is 0.226 e. The molecule has 2 rings (SSSR count). The number of rotatable bonds is 4. The van der Waals surface area contributed by atoms with Crippen LogP contribution in [0.5, 0.6) is 0 Å². The van der Waals surface area contributed by atoms with Crippen LogP contribution in [0.4, 0.5) is 5.69 Å². The van der Waals surface area contributed by atoms with Gasteiger partial charge in [0.05, 0.1) is 18.3 Å². The van der Waals surface area contributed by atoms with Crippen LogP contribution in [-0.2, 0) is 11.2 Å². The standard InChI is InChI=1S/C13H19N3O.ClH/c1-2-13(6-3-7-13)16-12(17)8-11-5-4-10(14)9-15-11;/h4-5,9H,2-3,6-8,14H2,1H3,(H,16,17);1H. The van der Waals surface area contributed by atoms with Gasteiger partial charge in [0.2, 0.25) is 5.91 Å². The lowest BCUT2D eigenvalue weighted by Gasteiger charge is -2.42. The van der Waals surface area contributed by atoms with Crippen LogP contribution < -0.4 is 11.1 Å². The quantitative estimate of drug-likeness (QED) is 0.879. The highest BCUT2D eigenvalue weighted by Crippen LogP contribution is 2.34. The zero-order valence-corrected chi connectivity index (χ0v) is 11.4. The predicted molar refractivity (Wildman–Crippen MR) is 74.6 cm³/mol. The van der Waals surface area contributed by atoms with E-state index in [4.69, 9.17) is 5.73 Å². The van der Waals surface area contributed by atoms with Crippen molar-refractivity contribution >= 4 is 24.0 Å². The minimum atomic E-state index is 0. The van der Waals surface area contributed by atoms with E-state index in [9.17, 15) is 4.79 Å². The Labute approximate surface area is 114 Å². The molecule has 1 amide bonds. The van der Waals surface area contributed by atoms with Gasteiger partial charge in [-0.25, -0.2) is 0 Å². The number of hydrogen-bond acceptors (Lipinski definition) is 3. The molecule has 1 aromatic heterocycles. The van der Waals surface area contributed by atoms with Crippen molar-refractivity contribution in [2.45, 2.75) is 44.6 Å². The molecule has 1 aliphatic carbocycles. The van der Waals surface area contributed by atoms with Crippen LogP contribution >= 0.6 is 12.4 Å². The number of amides is 1. The molecule has 0 unspecified atom stereocenters. The molecule has 1 aromatic rings. The summed E-state index contributed by atoms with van der Waals surface area (Å²) in [7, 11) is 0. The Kier molecular flexibility index (Phi) is 4.96. The molecule has 0 aliphatic heterocycles. The van der Waals surface area contributed by atoms with E-state index in [1.807, 2.05) is 0 Å². The van der Waals surface area contributed by atoms with Crippen LogP contribution in [0, 0.1) is 0 Å². The van der Waals surface area contributed by atoms with E-state index in [0.717, 1.165) is 25.0 Å². The van der Waals surface area contributed by atoms with E-state index in [1.54, 1.807) is 18.3 Å². The minimum absolute atomic E-state index is 0. The Balaban J connectivity index is 0.00000162.